The maximum absolute atomic E-state index is 13.2. The van der Waals surface area contributed by atoms with Crippen molar-refractivity contribution in [2.24, 2.45) is 0 Å². The molecule has 2 aromatic carbocycles. The second kappa shape index (κ2) is 10.3. The molecule has 0 unspecified atom stereocenters. The largest absolute Gasteiger partial charge is 0.383 e. The number of carbonyl (C=O) groups is 1. The number of nitrogens with one attached hydrogen (secondary N) is 1. The minimum Gasteiger partial charge on any atom is -0.383 e. The van der Waals surface area contributed by atoms with Crippen molar-refractivity contribution in [2.45, 2.75) is 6.54 Å². The number of amides is 1. The Kier molecular flexibility index (Phi) is 7.00. The zero-order chi connectivity index (χ0) is 24.1. The molecule has 4 rings (SSSR count). The van der Waals surface area contributed by atoms with Crippen LogP contribution < -0.4 is 21.9 Å². The van der Waals surface area contributed by atoms with E-state index in [1.54, 1.807) is 6.08 Å². The zero-order valence-corrected chi connectivity index (χ0v) is 19.2. The Morgan fingerprint density at radius 1 is 1.18 bits per heavy atom. The lowest BCUT2D eigenvalue weighted by Crippen LogP contribution is -2.42. The Morgan fingerprint density at radius 3 is 2.65 bits per heavy atom. The molecule has 0 radical (unpaired) electrons. The molecule has 9 nitrogen and oxygen atoms in total. The number of H-pyrrole nitrogens is 1. The molecule has 34 heavy (non-hydrogen) atoms. The van der Waals surface area contributed by atoms with E-state index in [0.29, 0.717) is 5.01 Å². The van der Waals surface area contributed by atoms with Crippen LogP contribution in [0.5, 0.6) is 0 Å². The Hall–Kier alpha value is -4.02. The summed E-state index contributed by atoms with van der Waals surface area (Å²) in [6.45, 7) is 0.372. The summed E-state index contributed by atoms with van der Waals surface area (Å²) in [5.74, 6) is -0.589. The van der Waals surface area contributed by atoms with Gasteiger partial charge in [-0.25, -0.2) is 9.78 Å². The maximum Gasteiger partial charge on any atom is 0.330 e. The highest BCUT2D eigenvalue weighted by atomic mass is 32.1. The van der Waals surface area contributed by atoms with Gasteiger partial charge >= 0.3 is 5.69 Å². The first kappa shape index (κ1) is 23.1. The number of anilines is 2. The van der Waals surface area contributed by atoms with Crippen molar-refractivity contribution < 1.29 is 9.53 Å². The standard InChI is InChI=1S/C24H23N5O4S/c1-33-14-13-28(20(30)12-11-19-26-17-9-5-6-10-18(17)34-19)21-22(25)29(24(32)27-23(21)31)15-16-7-3-2-4-8-16/h2-12H,13-15,25H2,1H3,(H,27,31,32)/b12-11+. The van der Waals surface area contributed by atoms with Crippen LogP contribution >= 0.6 is 11.3 Å². The molecule has 4 aromatic rings. The highest BCUT2D eigenvalue weighted by molar-refractivity contribution is 7.19. The third-order valence-electron chi connectivity index (χ3n) is 5.13. The Labute approximate surface area is 198 Å². The Morgan fingerprint density at radius 2 is 1.91 bits per heavy atom. The fourth-order valence-corrected chi connectivity index (χ4v) is 4.34. The minimum absolute atomic E-state index is 0.0658. The van der Waals surface area contributed by atoms with E-state index < -0.39 is 17.2 Å². The summed E-state index contributed by atoms with van der Waals surface area (Å²) in [5.41, 5.74) is 6.43. The molecule has 0 bridgehead atoms. The van der Waals surface area contributed by atoms with E-state index >= 15 is 0 Å². The molecule has 10 heteroatoms. The van der Waals surface area contributed by atoms with Gasteiger partial charge < -0.3 is 10.5 Å². The number of hydrogen-bond acceptors (Lipinski definition) is 7. The third kappa shape index (κ3) is 4.98. The number of nitrogens with two attached hydrogens (primary N) is 1. The lowest BCUT2D eigenvalue weighted by atomic mass is 10.2. The fourth-order valence-electron chi connectivity index (χ4n) is 3.47. The van der Waals surface area contributed by atoms with Gasteiger partial charge in [0.15, 0.2) is 5.69 Å². The van der Waals surface area contributed by atoms with Crippen molar-refractivity contribution >= 4 is 45.0 Å². The van der Waals surface area contributed by atoms with E-state index in [4.69, 9.17) is 10.5 Å². The van der Waals surface area contributed by atoms with Crippen LogP contribution in [0.1, 0.15) is 10.6 Å². The van der Waals surface area contributed by atoms with Gasteiger partial charge in [0, 0.05) is 19.7 Å². The molecule has 0 atom stereocenters. The monoisotopic (exact) mass is 477 g/mol. The molecule has 0 fully saturated rings. The summed E-state index contributed by atoms with van der Waals surface area (Å²) >= 11 is 1.45. The van der Waals surface area contributed by atoms with Crippen LogP contribution in [0.4, 0.5) is 11.5 Å². The number of para-hydroxylation sites is 1. The van der Waals surface area contributed by atoms with Crippen molar-refractivity contribution in [1.29, 1.82) is 0 Å². The van der Waals surface area contributed by atoms with Crippen molar-refractivity contribution in [3.8, 4) is 0 Å². The maximum atomic E-state index is 13.2. The summed E-state index contributed by atoms with van der Waals surface area (Å²) in [4.78, 5) is 46.4. The number of rotatable bonds is 8. The second-order valence-corrected chi connectivity index (χ2v) is 8.46. The number of carbonyl (C=O) groups excluding carboxylic acids is 1. The van der Waals surface area contributed by atoms with Crippen LogP contribution in [0.25, 0.3) is 16.3 Å². The normalized spacial score (nSPS) is 11.3. The lowest BCUT2D eigenvalue weighted by molar-refractivity contribution is -0.114. The van der Waals surface area contributed by atoms with Crippen molar-refractivity contribution in [3.63, 3.8) is 0 Å². The predicted octanol–water partition coefficient (Wildman–Crippen LogP) is 2.47. The number of nitrogen functional groups attached to an aromatic ring is 1. The van der Waals surface area contributed by atoms with Crippen LogP contribution in [-0.2, 0) is 16.1 Å². The molecule has 0 saturated heterocycles. The van der Waals surface area contributed by atoms with Crippen molar-refractivity contribution in [1.82, 2.24) is 14.5 Å². The first-order valence-corrected chi connectivity index (χ1v) is 11.3. The molecule has 0 aliphatic carbocycles. The molecular weight excluding hydrogens is 454 g/mol. The number of hydrogen-bond donors (Lipinski definition) is 2. The van der Waals surface area contributed by atoms with E-state index in [1.165, 1.54) is 34.0 Å². The van der Waals surface area contributed by atoms with Crippen LogP contribution in [0, 0.1) is 0 Å². The molecule has 1 amide bonds. The Balaban J connectivity index is 1.69. The number of ether oxygens (including phenoxy) is 1. The van der Waals surface area contributed by atoms with Crippen molar-refractivity contribution in [3.05, 3.63) is 92.1 Å². The second-order valence-electron chi connectivity index (χ2n) is 7.40. The van der Waals surface area contributed by atoms with Gasteiger partial charge in [-0.3, -0.25) is 24.0 Å². The average Bonchev–Trinajstić information content (AvgIpc) is 3.26. The zero-order valence-electron chi connectivity index (χ0n) is 18.4. The van der Waals surface area contributed by atoms with E-state index in [2.05, 4.69) is 9.97 Å². The predicted molar refractivity (Wildman–Crippen MR) is 134 cm³/mol. The molecule has 0 aliphatic heterocycles. The number of fused-ring (bicyclic) bond motifs is 1. The van der Waals surface area contributed by atoms with Crippen LogP contribution in [0.3, 0.4) is 0 Å². The molecular formula is C24H23N5O4S. The SMILES string of the molecule is COCCN(C(=O)/C=C/c1nc2ccccc2s1)c1c(N)n(Cc2ccccc2)c(=O)[nH]c1=O. The number of benzene rings is 2. The van der Waals surface area contributed by atoms with Gasteiger partial charge in [0.2, 0.25) is 0 Å². The highest BCUT2D eigenvalue weighted by Crippen LogP contribution is 2.23. The smallest absolute Gasteiger partial charge is 0.330 e. The van der Waals surface area contributed by atoms with Crippen molar-refractivity contribution in [2.75, 3.05) is 30.9 Å². The lowest BCUT2D eigenvalue weighted by Gasteiger charge is -2.23. The quantitative estimate of drug-likeness (QED) is 0.376. The molecule has 2 aromatic heterocycles. The number of methoxy groups -OCH3 is 1. The molecule has 0 aliphatic rings. The molecule has 0 spiro atoms. The Bertz CT molecular complexity index is 1420. The summed E-state index contributed by atoms with van der Waals surface area (Å²) in [6.07, 6.45) is 2.93. The summed E-state index contributed by atoms with van der Waals surface area (Å²) in [6, 6.07) is 16.9. The summed E-state index contributed by atoms with van der Waals surface area (Å²) in [5, 5.41) is 0.650. The van der Waals surface area contributed by atoms with Gasteiger partial charge in [-0.05, 0) is 23.8 Å². The van der Waals surface area contributed by atoms with E-state index in [0.717, 1.165) is 15.8 Å². The van der Waals surface area contributed by atoms with Gasteiger partial charge in [-0.2, -0.15) is 0 Å². The topological polar surface area (TPSA) is 123 Å². The van der Waals surface area contributed by atoms with E-state index in [1.807, 2.05) is 54.6 Å². The molecule has 3 N–H and O–H groups in total. The highest BCUT2D eigenvalue weighted by Gasteiger charge is 2.23. The number of nitrogens with zero attached hydrogens (tertiary/aromatic N) is 3. The van der Waals surface area contributed by atoms with E-state index in [9.17, 15) is 14.4 Å². The average molecular weight is 478 g/mol. The first-order chi connectivity index (χ1) is 16.5. The summed E-state index contributed by atoms with van der Waals surface area (Å²) < 4.78 is 7.36. The van der Waals surface area contributed by atoms with Crippen LogP contribution in [-0.4, -0.2) is 40.7 Å². The van der Waals surface area contributed by atoms with Gasteiger partial charge in [-0.15, -0.1) is 11.3 Å². The van der Waals surface area contributed by atoms with E-state index in [-0.39, 0.29) is 31.2 Å². The molecule has 2 heterocycles. The van der Waals surface area contributed by atoms with Crippen LogP contribution in [0.15, 0.2) is 70.3 Å². The molecule has 0 saturated carbocycles. The number of aromatic amines is 1. The van der Waals surface area contributed by atoms with Gasteiger partial charge in [0.1, 0.15) is 10.8 Å². The molecule has 174 valence electrons. The fraction of sp³-hybridized carbons (Fsp3) is 0.167. The van der Waals surface area contributed by atoms with Gasteiger partial charge in [-0.1, -0.05) is 42.5 Å². The minimum atomic E-state index is -0.746. The van der Waals surface area contributed by atoms with Gasteiger partial charge in [0.25, 0.3) is 11.5 Å². The van der Waals surface area contributed by atoms with Gasteiger partial charge in [0.05, 0.1) is 23.4 Å². The summed E-state index contributed by atoms with van der Waals surface area (Å²) in [7, 11) is 1.49. The first-order valence-electron chi connectivity index (χ1n) is 10.5. The third-order valence-corrected chi connectivity index (χ3v) is 6.13. The van der Waals surface area contributed by atoms with Crippen LogP contribution in [0.2, 0.25) is 0 Å². The number of aromatic nitrogens is 3. The number of thiazole rings is 1.